The first-order valence-corrected chi connectivity index (χ1v) is 9.99. The molecule has 1 amide bonds. The smallest absolute Gasteiger partial charge is 0.413 e. The lowest BCUT2D eigenvalue weighted by molar-refractivity contribution is -0.0514. The van der Waals surface area contributed by atoms with Crippen LogP contribution in [0.3, 0.4) is 0 Å². The van der Waals surface area contributed by atoms with E-state index in [0.29, 0.717) is 35.2 Å². The molecule has 1 saturated heterocycles. The van der Waals surface area contributed by atoms with Gasteiger partial charge in [0.1, 0.15) is 11.4 Å². The number of nitrogens with two attached hydrogens (primary N) is 1. The van der Waals surface area contributed by atoms with Crippen molar-refractivity contribution < 1.29 is 18.7 Å². The summed E-state index contributed by atoms with van der Waals surface area (Å²) in [6.45, 7) is 7.82. The van der Waals surface area contributed by atoms with E-state index in [1.807, 2.05) is 6.92 Å². The SMILES string of the molecule is C[C@H]1OCC[C@]2(c3cc(N)ccc3F)N=C(NC(=O)OC(C)(C)C)SC[C@H]12. The number of nitrogens with zero attached hydrogens (tertiary/aromatic N) is 1. The molecule has 0 bridgehead atoms. The summed E-state index contributed by atoms with van der Waals surface area (Å²) in [4.78, 5) is 17.0. The van der Waals surface area contributed by atoms with Crippen molar-refractivity contribution in [2.24, 2.45) is 10.9 Å². The number of hydrogen-bond acceptors (Lipinski definition) is 6. The van der Waals surface area contributed by atoms with Gasteiger partial charge in [-0.1, -0.05) is 11.8 Å². The number of alkyl carbamates (subject to hydrolysis) is 1. The number of amidine groups is 1. The number of anilines is 1. The van der Waals surface area contributed by atoms with E-state index in [-0.39, 0.29) is 17.8 Å². The second-order valence-corrected chi connectivity index (χ2v) is 8.96. The van der Waals surface area contributed by atoms with Crippen molar-refractivity contribution >= 4 is 28.7 Å². The van der Waals surface area contributed by atoms with Gasteiger partial charge in [-0.3, -0.25) is 10.3 Å². The molecule has 2 heterocycles. The number of carbonyl (C=O) groups is 1. The molecule has 6 nitrogen and oxygen atoms in total. The zero-order valence-electron chi connectivity index (χ0n) is 16.0. The standard InChI is InChI=1S/C19H26FN3O3S/c1-11-14-10-27-16(22-17(24)26-18(2,3)4)23-19(14,7-8-25-11)13-9-12(21)5-6-15(13)20/h5-6,9,11,14H,7-8,10,21H2,1-4H3,(H,22,23,24)/t11-,14-,19-/m1/s1. The third kappa shape index (κ3) is 4.21. The van der Waals surface area contributed by atoms with Crippen molar-refractivity contribution in [3.63, 3.8) is 0 Å². The lowest BCUT2D eigenvalue weighted by atomic mass is 9.72. The van der Waals surface area contributed by atoms with Crippen LogP contribution >= 0.6 is 11.8 Å². The zero-order valence-corrected chi connectivity index (χ0v) is 16.9. The highest BCUT2D eigenvalue weighted by molar-refractivity contribution is 8.13. The van der Waals surface area contributed by atoms with Gasteiger partial charge >= 0.3 is 6.09 Å². The van der Waals surface area contributed by atoms with E-state index < -0.39 is 17.2 Å². The first kappa shape index (κ1) is 19.9. The molecule has 0 saturated carbocycles. The van der Waals surface area contributed by atoms with Crippen LogP contribution in [0.5, 0.6) is 0 Å². The van der Waals surface area contributed by atoms with Crippen LogP contribution in [0, 0.1) is 11.7 Å². The second kappa shape index (κ2) is 7.31. The molecule has 148 valence electrons. The number of benzene rings is 1. The number of nitrogens with one attached hydrogen (secondary N) is 1. The van der Waals surface area contributed by atoms with Crippen molar-refractivity contribution in [1.82, 2.24) is 5.32 Å². The van der Waals surface area contributed by atoms with E-state index in [4.69, 9.17) is 20.2 Å². The fourth-order valence-electron chi connectivity index (χ4n) is 3.61. The molecule has 2 aliphatic rings. The minimum absolute atomic E-state index is 0.0308. The van der Waals surface area contributed by atoms with Crippen LogP contribution in [0.1, 0.15) is 39.7 Å². The van der Waals surface area contributed by atoms with Gasteiger partial charge in [0.2, 0.25) is 0 Å². The molecule has 3 rings (SSSR count). The molecule has 0 aliphatic carbocycles. The van der Waals surface area contributed by atoms with Crippen LogP contribution in [0.15, 0.2) is 23.2 Å². The molecule has 3 atom stereocenters. The molecule has 0 aromatic heterocycles. The first-order chi connectivity index (χ1) is 12.6. The van der Waals surface area contributed by atoms with Crippen molar-refractivity contribution in [2.75, 3.05) is 18.1 Å². The molecule has 1 fully saturated rings. The molecular formula is C19H26FN3O3S. The average molecular weight is 396 g/mol. The Labute approximate surface area is 163 Å². The predicted octanol–water partition coefficient (Wildman–Crippen LogP) is 3.66. The number of aliphatic imine (C=N–C) groups is 1. The van der Waals surface area contributed by atoms with Crippen molar-refractivity contribution in [3.8, 4) is 0 Å². The molecule has 0 radical (unpaired) electrons. The maximum atomic E-state index is 14.8. The Hall–Kier alpha value is -1.80. The maximum Gasteiger partial charge on any atom is 0.413 e. The minimum atomic E-state index is -0.827. The van der Waals surface area contributed by atoms with E-state index in [1.165, 1.54) is 23.9 Å². The fourth-order valence-corrected chi connectivity index (χ4v) is 4.88. The maximum absolute atomic E-state index is 14.8. The van der Waals surface area contributed by atoms with Gasteiger partial charge in [0.25, 0.3) is 0 Å². The van der Waals surface area contributed by atoms with Crippen molar-refractivity contribution in [3.05, 3.63) is 29.6 Å². The van der Waals surface area contributed by atoms with Gasteiger partial charge in [-0.15, -0.1) is 0 Å². The quantitative estimate of drug-likeness (QED) is 0.709. The second-order valence-electron chi connectivity index (χ2n) is 7.95. The lowest BCUT2D eigenvalue weighted by Gasteiger charge is -2.47. The highest BCUT2D eigenvalue weighted by Crippen LogP contribution is 2.48. The number of nitrogen functional groups attached to an aromatic ring is 1. The van der Waals surface area contributed by atoms with Gasteiger partial charge in [-0.05, 0) is 45.9 Å². The summed E-state index contributed by atoms with van der Waals surface area (Å²) in [5, 5.41) is 3.14. The number of hydrogen-bond donors (Lipinski definition) is 2. The molecule has 2 aliphatic heterocycles. The summed E-state index contributed by atoms with van der Waals surface area (Å²) in [6.07, 6.45) is -0.142. The van der Waals surface area contributed by atoms with Gasteiger partial charge in [0.15, 0.2) is 5.17 Å². The number of thioether (sulfide) groups is 1. The molecule has 1 aromatic carbocycles. The van der Waals surface area contributed by atoms with Gasteiger partial charge in [0, 0.05) is 35.9 Å². The predicted molar refractivity (Wildman–Crippen MR) is 105 cm³/mol. The summed E-state index contributed by atoms with van der Waals surface area (Å²) in [7, 11) is 0. The topological polar surface area (TPSA) is 85.9 Å². The van der Waals surface area contributed by atoms with Crippen LogP contribution in [-0.4, -0.2) is 35.3 Å². The monoisotopic (exact) mass is 395 g/mol. The molecule has 8 heteroatoms. The third-order valence-electron chi connectivity index (χ3n) is 4.81. The minimum Gasteiger partial charge on any atom is -0.444 e. The Bertz CT molecular complexity index is 765. The molecule has 3 N–H and O–H groups in total. The van der Waals surface area contributed by atoms with Crippen LogP contribution < -0.4 is 11.1 Å². The van der Waals surface area contributed by atoms with Crippen molar-refractivity contribution in [2.45, 2.75) is 51.4 Å². The number of halogens is 1. The van der Waals surface area contributed by atoms with E-state index in [0.717, 1.165) is 0 Å². The molecule has 0 spiro atoms. The van der Waals surface area contributed by atoms with E-state index >= 15 is 0 Å². The third-order valence-corrected chi connectivity index (χ3v) is 5.80. The Morgan fingerprint density at radius 1 is 1.48 bits per heavy atom. The molecule has 1 aromatic rings. The number of amides is 1. The summed E-state index contributed by atoms with van der Waals surface area (Å²) >= 11 is 1.41. The Morgan fingerprint density at radius 2 is 2.22 bits per heavy atom. The lowest BCUT2D eigenvalue weighted by Crippen LogP contribution is -2.51. The van der Waals surface area contributed by atoms with Gasteiger partial charge in [-0.2, -0.15) is 0 Å². The summed E-state index contributed by atoms with van der Waals surface area (Å²) in [5.41, 5.74) is 5.42. The summed E-state index contributed by atoms with van der Waals surface area (Å²) in [6, 6.07) is 4.55. The van der Waals surface area contributed by atoms with Crippen LogP contribution in [0.25, 0.3) is 0 Å². The number of carbonyl (C=O) groups excluding carboxylic acids is 1. The van der Waals surface area contributed by atoms with Crippen LogP contribution in [-0.2, 0) is 15.0 Å². The summed E-state index contributed by atoms with van der Waals surface area (Å²) in [5.74, 6) is 0.261. The van der Waals surface area contributed by atoms with Gasteiger partial charge in [-0.25, -0.2) is 9.18 Å². The number of rotatable bonds is 1. The molecular weight excluding hydrogens is 369 g/mol. The Kier molecular flexibility index (Phi) is 5.40. The Balaban J connectivity index is 1.99. The van der Waals surface area contributed by atoms with Crippen molar-refractivity contribution in [1.29, 1.82) is 0 Å². The zero-order chi connectivity index (χ0) is 19.8. The number of ether oxygens (including phenoxy) is 2. The Morgan fingerprint density at radius 3 is 2.93 bits per heavy atom. The molecule has 0 unspecified atom stereocenters. The van der Waals surface area contributed by atoms with Crippen LogP contribution in [0.2, 0.25) is 0 Å². The molecule has 27 heavy (non-hydrogen) atoms. The van der Waals surface area contributed by atoms with E-state index in [2.05, 4.69) is 5.32 Å². The van der Waals surface area contributed by atoms with E-state index in [9.17, 15) is 9.18 Å². The van der Waals surface area contributed by atoms with Crippen LogP contribution in [0.4, 0.5) is 14.9 Å². The average Bonchev–Trinajstić information content (AvgIpc) is 2.55. The normalized spacial score (nSPS) is 28.1. The largest absolute Gasteiger partial charge is 0.444 e. The summed E-state index contributed by atoms with van der Waals surface area (Å²) < 4.78 is 25.9. The fraction of sp³-hybridized carbons (Fsp3) is 0.579. The van der Waals surface area contributed by atoms with Gasteiger partial charge < -0.3 is 15.2 Å². The van der Waals surface area contributed by atoms with E-state index in [1.54, 1.807) is 26.8 Å². The first-order valence-electron chi connectivity index (χ1n) is 9.00. The number of fused-ring (bicyclic) bond motifs is 1. The highest BCUT2D eigenvalue weighted by atomic mass is 32.2. The van der Waals surface area contributed by atoms with Gasteiger partial charge in [0.05, 0.1) is 11.6 Å². The highest BCUT2D eigenvalue weighted by Gasteiger charge is 2.50.